The molecular weight excluding hydrogens is 1240 g/mol. The summed E-state index contributed by atoms with van der Waals surface area (Å²) in [5.41, 5.74) is 35.2. The number of hydrogen-bond acceptors (Lipinski definition) is 6. The van der Waals surface area contributed by atoms with Gasteiger partial charge in [-0.15, -0.1) is 0 Å². The second-order valence-corrected chi connectivity index (χ2v) is 32.3. The molecular formula is C93H78B3N3O3. The smallest absolute Gasteiger partial charge is 0.256 e. The van der Waals surface area contributed by atoms with E-state index in [0.717, 1.165) is 119 Å². The number of hydrogen-bond donors (Lipinski definition) is 0. The Morgan fingerprint density at radius 3 is 0.775 bits per heavy atom. The van der Waals surface area contributed by atoms with Crippen LogP contribution in [-0.2, 0) is 16.2 Å². The molecule has 13 aromatic rings. The van der Waals surface area contributed by atoms with Gasteiger partial charge in [0.2, 0.25) is 0 Å². The molecule has 0 aromatic heterocycles. The topological polar surface area (TPSA) is 37.4 Å². The third-order valence-electron chi connectivity index (χ3n) is 22.5. The molecule has 492 valence electrons. The van der Waals surface area contributed by atoms with Gasteiger partial charge >= 0.3 is 0 Å². The maximum atomic E-state index is 6.96. The molecule has 0 fully saturated rings. The highest BCUT2D eigenvalue weighted by atomic mass is 16.5. The van der Waals surface area contributed by atoms with E-state index in [4.69, 9.17) is 14.2 Å². The molecule has 6 nitrogen and oxygen atoms in total. The Labute approximate surface area is 601 Å². The van der Waals surface area contributed by atoms with Crippen LogP contribution in [0.1, 0.15) is 95.7 Å². The van der Waals surface area contributed by atoms with Crippen LogP contribution in [0.3, 0.4) is 0 Å². The van der Waals surface area contributed by atoms with Crippen molar-refractivity contribution in [2.75, 3.05) is 14.7 Å². The molecule has 0 amide bonds. The first-order chi connectivity index (χ1) is 49.1. The molecule has 6 aliphatic heterocycles. The Hall–Kier alpha value is -11.1. The van der Waals surface area contributed by atoms with Crippen molar-refractivity contribution in [3.05, 3.63) is 288 Å². The van der Waals surface area contributed by atoms with E-state index in [0.29, 0.717) is 0 Å². The van der Waals surface area contributed by atoms with Gasteiger partial charge in [-0.25, -0.2) is 0 Å². The first-order valence-electron chi connectivity index (χ1n) is 36.2. The van der Waals surface area contributed by atoms with E-state index >= 15 is 0 Å². The average molecular weight is 1320 g/mol. The van der Waals surface area contributed by atoms with Gasteiger partial charge in [-0.3, -0.25) is 0 Å². The predicted molar refractivity (Wildman–Crippen MR) is 431 cm³/mol. The standard InChI is InChI=1S/C93H78B3N3O3/c1-55-22-43-82-73(46-55)94-70-52-58(25-40-76(70)97(79-16-13-19-85(100-82)88(79)94)67-34-28-64(29-35-67)91(4,5)6)61-49-62(59-26-41-77-71(53-59)95-74-47-56(2)23-44-83(74)101-86-20-14-17-80(89(86)95)98(77)68-36-30-65(31-37-68)92(7,8)9)51-63(50-61)60-27-42-78-72(54-60)96-75-48-57(3)24-45-84(75)102-87-21-15-18-81(90(87)96)99(78)69-38-32-66(33-39-69)93(10,11)12/h13-54H,1-12H3. The van der Waals surface area contributed by atoms with E-state index in [2.05, 4.69) is 353 Å². The van der Waals surface area contributed by atoms with Crippen molar-refractivity contribution in [2.24, 2.45) is 0 Å². The number of ether oxygens (including phenoxy) is 3. The van der Waals surface area contributed by atoms with Crippen LogP contribution in [0, 0.1) is 20.8 Å². The summed E-state index contributed by atoms with van der Waals surface area (Å²) in [7, 11) is 0. The van der Waals surface area contributed by atoms with Gasteiger partial charge in [0.15, 0.2) is 0 Å². The molecule has 0 saturated heterocycles. The third-order valence-corrected chi connectivity index (χ3v) is 22.5. The van der Waals surface area contributed by atoms with Crippen molar-refractivity contribution in [3.8, 4) is 67.9 Å². The van der Waals surface area contributed by atoms with Crippen LogP contribution in [0.25, 0.3) is 33.4 Å². The zero-order valence-electron chi connectivity index (χ0n) is 60.0. The monoisotopic (exact) mass is 1320 g/mol. The fourth-order valence-electron chi connectivity index (χ4n) is 17.3. The van der Waals surface area contributed by atoms with Crippen LogP contribution >= 0.6 is 0 Å². The lowest BCUT2D eigenvalue weighted by Gasteiger charge is -2.40. The first kappa shape index (κ1) is 61.9. The van der Waals surface area contributed by atoms with Crippen molar-refractivity contribution in [2.45, 2.75) is 99.3 Å². The molecule has 6 aliphatic rings. The van der Waals surface area contributed by atoms with Gasteiger partial charge in [-0.2, -0.15) is 0 Å². The van der Waals surface area contributed by atoms with Gasteiger partial charge < -0.3 is 28.9 Å². The molecule has 102 heavy (non-hydrogen) atoms. The highest BCUT2D eigenvalue weighted by Gasteiger charge is 2.46. The van der Waals surface area contributed by atoms with Gasteiger partial charge in [0, 0.05) is 51.2 Å². The number of nitrogens with zero attached hydrogens (tertiary/aromatic N) is 3. The molecule has 9 heteroatoms. The number of anilines is 9. The predicted octanol–water partition coefficient (Wildman–Crippen LogP) is 18.7. The minimum absolute atomic E-state index is 0.00152. The number of rotatable bonds is 6. The SMILES string of the molecule is Cc1ccc2c(c1)B1c3cc(-c4cc(-c5ccc6c(c5)B5c7cc(C)ccc7Oc7cccc(c75)N6c5ccc(C(C)(C)C)cc5)cc(-c5ccc6c(c5)B5c7cc(C)ccc7Oc7cccc(c75)N6c5ccc(C(C)(C)C)cc5)c4)ccc3N(c3ccc(C(C)(C)C)cc3)c3cccc(c31)O2. The molecule has 0 aliphatic carbocycles. The van der Waals surface area contributed by atoms with E-state index in [1.54, 1.807) is 0 Å². The molecule has 0 spiro atoms. The first-order valence-corrected chi connectivity index (χ1v) is 36.2. The Balaban J connectivity index is 0.848. The fraction of sp³-hybridized carbons (Fsp3) is 0.161. The van der Waals surface area contributed by atoms with Crippen LogP contribution in [0.5, 0.6) is 34.5 Å². The summed E-state index contributed by atoms with van der Waals surface area (Å²) in [4.78, 5) is 7.41. The van der Waals surface area contributed by atoms with Crippen LogP contribution < -0.4 is 78.1 Å². The van der Waals surface area contributed by atoms with Crippen molar-refractivity contribution in [3.63, 3.8) is 0 Å². The van der Waals surface area contributed by atoms with Gasteiger partial charge in [0.25, 0.3) is 20.1 Å². The summed E-state index contributed by atoms with van der Waals surface area (Å²) in [6.45, 7) is 26.9. The van der Waals surface area contributed by atoms with E-state index < -0.39 is 0 Å². The molecule has 6 heterocycles. The molecule has 0 atom stereocenters. The summed E-state index contributed by atoms with van der Waals surface area (Å²) >= 11 is 0. The lowest BCUT2D eigenvalue weighted by molar-refractivity contribution is 0.487. The molecule has 0 bridgehead atoms. The largest absolute Gasteiger partial charge is 0.458 e. The number of fused-ring (bicyclic) bond motifs is 12. The number of aryl methyl sites for hydroxylation is 3. The molecule has 0 radical (unpaired) electrons. The van der Waals surface area contributed by atoms with Gasteiger partial charge in [-0.05, 0) is 264 Å². The zero-order valence-corrected chi connectivity index (χ0v) is 60.0. The van der Waals surface area contributed by atoms with Gasteiger partial charge in [0.05, 0.1) is 0 Å². The Kier molecular flexibility index (Phi) is 13.6. The molecule has 19 rings (SSSR count). The molecule has 0 unspecified atom stereocenters. The highest BCUT2D eigenvalue weighted by molar-refractivity contribution is 7.01. The zero-order chi connectivity index (χ0) is 69.6. The minimum atomic E-state index is -0.0958. The quantitative estimate of drug-likeness (QED) is 0.155. The van der Waals surface area contributed by atoms with Crippen LogP contribution in [0.2, 0.25) is 0 Å². The maximum Gasteiger partial charge on any atom is 0.256 e. The summed E-state index contributed by atoms with van der Waals surface area (Å²) in [5.74, 6) is 5.36. The Morgan fingerprint density at radius 1 is 0.235 bits per heavy atom. The lowest BCUT2D eigenvalue weighted by Crippen LogP contribution is -2.59. The van der Waals surface area contributed by atoms with Crippen LogP contribution in [-0.4, -0.2) is 20.1 Å². The Bertz CT molecular complexity index is 5130. The summed E-state index contributed by atoms with van der Waals surface area (Å²) in [5, 5.41) is 0. The third kappa shape index (κ3) is 9.78. The summed E-state index contributed by atoms with van der Waals surface area (Å²) < 4.78 is 20.9. The minimum Gasteiger partial charge on any atom is -0.458 e. The highest BCUT2D eigenvalue weighted by Crippen LogP contribution is 2.48. The van der Waals surface area contributed by atoms with Crippen molar-refractivity contribution >= 4 is 120 Å². The second kappa shape index (κ2) is 22.4. The van der Waals surface area contributed by atoms with Gasteiger partial charge in [0.1, 0.15) is 34.5 Å². The summed E-state index contributed by atoms with van der Waals surface area (Å²) in [6, 6.07) is 96.5. The van der Waals surface area contributed by atoms with Crippen molar-refractivity contribution in [1.82, 2.24) is 0 Å². The van der Waals surface area contributed by atoms with Crippen LogP contribution in [0.15, 0.2) is 255 Å². The normalized spacial score (nSPS) is 14.0. The molecule has 0 saturated carbocycles. The average Bonchev–Trinajstić information content (AvgIpc) is 0.721. The van der Waals surface area contributed by atoms with E-state index in [-0.39, 0.29) is 36.4 Å². The lowest BCUT2D eigenvalue weighted by atomic mass is 9.34. The Morgan fingerprint density at radius 2 is 0.510 bits per heavy atom. The number of benzene rings is 13. The summed E-state index contributed by atoms with van der Waals surface area (Å²) in [6.07, 6.45) is 0. The van der Waals surface area contributed by atoms with E-state index in [9.17, 15) is 0 Å². The van der Waals surface area contributed by atoms with E-state index in [1.807, 2.05) is 0 Å². The van der Waals surface area contributed by atoms with Crippen LogP contribution in [0.4, 0.5) is 51.2 Å². The van der Waals surface area contributed by atoms with Gasteiger partial charge in [-0.1, -0.05) is 206 Å². The fourth-order valence-corrected chi connectivity index (χ4v) is 17.3. The van der Waals surface area contributed by atoms with E-state index in [1.165, 1.54) is 82.5 Å². The molecule has 0 N–H and O–H groups in total. The van der Waals surface area contributed by atoms with Crippen molar-refractivity contribution in [1.29, 1.82) is 0 Å². The molecule has 13 aromatic carbocycles. The maximum absolute atomic E-state index is 6.96. The second-order valence-electron chi connectivity index (χ2n) is 32.3. The van der Waals surface area contributed by atoms with Crippen molar-refractivity contribution < 1.29 is 14.2 Å².